The normalized spacial score (nSPS) is 19.5. The molecule has 1 saturated heterocycles. The van der Waals surface area contributed by atoms with Crippen molar-refractivity contribution in [2.24, 2.45) is 5.92 Å². The quantitative estimate of drug-likeness (QED) is 0.852. The molecule has 0 aromatic carbocycles. The van der Waals surface area contributed by atoms with E-state index in [2.05, 4.69) is 10.3 Å². The van der Waals surface area contributed by atoms with Gasteiger partial charge in [0.05, 0.1) is 6.61 Å². The first-order valence-corrected chi connectivity index (χ1v) is 6.63. The lowest BCUT2D eigenvalue weighted by Gasteiger charge is -2.22. The first-order chi connectivity index (χ1) is 8.75. The number of ether oxygens (including phenoxy) is 1. The summed E-state index contributed by atoms with van der Waals surface area (Å²) in [5.41, 5.74) is 0.268. The summed E-state index contributed by atoms with van der Waals surface area (Å²) < 4.78 is 5.20. The zero-order chi connectivity index (χ0) is 12.8. The molecule has 98 valence electrons. The molecule has 1 aromatic heterocycles. The van der Waals surface area contributed by atoms with Crippen LogP contribution in [0.1, 0.15) is 29.8 Å². The van der Waals surface area contributed by atoms with E-state index in [4.69, 9.17) is 16.3 Å². The van der Waals surface area contributed by atoms with Crippen molar-refractivity contribution in [1.29, 1.82) is 0 Å². The van der Waals surface area contributed by atoms with E-state index in [-0.39, 0.29) is 5.69 Å². The van der Waals surface area contributed by atoms with Gasteiger partial charge in [-0.3, -0.25) is 0 Å². The zero-order valence-corrected chi connectivity index (χ0v) is 10.9. The number of aromatic nitrogens is 1. The van der Waals surface area contributed by atoms with E-state index >= 15 is 0 Å². The highest BCUT2D eigenvalue weighted by atomic mass is 35.5. The van der Waals surface area contributed by atoms with Gasteiger partial charge in [-0.15, -0.1) is 0 Å². The van der Waals surface area contributed by atoms with Gasteiger partial charge >= 0.3 is 5.97 Å². The van der Waals surface area contributed by atoms with Crippen molar-refractivity contribution in [3.63, 3.8) is 0 Å². The number of carbonyl (C=O) groups excluding carboxylic acids is 1. The summed E-state index contributed by atoms with van der Waals surface area (Å²) in [4.78, 5) is 15.6. The Hall–Kier alpha value is -1.13. The lowest BCUT2D eigenvalue weighted by atomic mass is 9.97. The first kappa shape index (κ1) is 13.3. The van der Waals surface area contributed by atoms with Gasteiger partial charge in [-0.2, -0.15) is 0 Å². The van der Waals surface area contributed by atoms with Crippen LogP contribution < -0.4 is 5.32 Å². The van der Waals surface area contributed by atoms with Gasteiger partial charge in [0.2, 0.25) is 0 Å². The molecule has 1 fully saturated rings. The highest BCUT2D eigenvalue weighted by Crippen LogP contribution is 2.14. The molecule has 2 rings (SSSR count). The molecule has 1 aliphatic heterocycles. The first-order valence-electron chi connectivity index (χ1n) is 6.25. The molecule has 0 aliphatic carbocycles. The summed E-state index contributed by atoms with van der Waals surface area (Å²) in [5.74, 6) is 0.208. The molecular formula is C13H17ClN2O2. The van der Waals surface area contributed by atoms with Gasteiger partial charge in [-0.1, -0.05) is 11.6 Å². The summed E-state index contributed by atoms with van der Waals surface area (Å²) in [6.45, 7) is 2.56. The number of hydrogen-bond donors (Lipinski definition) is 1. The molecule has 1 aromatic rings. The van der Waals surface area contributed by atoms with E-state index < -0.39 is 5.97 Å². The number of hydrogen-bond acceptors (Lipinski definition) is 4. The van der Waals surface area contributed by atoms with E-state index in [0.29, 0.717) is 17.5 Å². The minimum Gasteiger partial charge on any atom is -0.461 e. The fraction of sp³-hybridized carbons (Fsp3) is 0.538. The molecule has 1 aliphatic rings. The van der Waals surface area contributed by atoms with Crippen molar-refractivity contribution in [3.8, 4) is 0 Å². The van der Waals surface area contributed by atoms with Crippen molar-refractivity contribution >= 4 is 17.6 Å². The van der Waals surface area contributed by atoms with Gasteiger partial charge in [-0.25, -0.2) is 9.78 Å². The van der Waals surface area contributed by atoms with Crippen molar-refractivity contribution in [2.75, 3.05) is 19.7 Å². The number of carbonyl (C=O) groups is 1. The maximum Gasteiger partial charge on any atom is 0.356 e. The second kappa shape index (κ2) is 6.71. The minimum absolute atomic E-state index is 0.268. The maximum atomic E-state index is 11.7. The summed E-state index contributed by atoms with van der Waals surface area (Å²) in [6, 6.07) is 3.15. The highest BCUT2D eigenvalue weighted by Gasteiger charge is 2.14. The number of pyridine rings is 1. The Labute approximate surface area is 112 Å². The second-order valence-corrected chi connectivity index (χ2v) is 4.93. The van der Waals surface area contributed by atoms with Gasteiger partial charge < -0.3 is 10.1 Å². The number of piperidine rings is 1. The summed E-state index contributed by atoms with van der Waals surface area (Å²) >= 11 is 5.79. The average molecular weight is 269 g/mol. The lowest BCUT2D eigenvalue weighted by Crippen LogP contribution is -2.30. The van der Waals surface area contributed by atoms with Crippen LogP contribution in [0.3, 0.4) is 0 Å². The number of rotatable bonds is 4. The Morgan fingerprint density at radius 2 is 2.50 bits per heavy atom. The van der Waals surface area contributed by atoms with Crippen molar-refractivity contribution in [2.45, 2.75) is 19.3 Å². The third kappa shape index (κ3) is 3.96. The Morgan fingerprint density at radius 3 is 3.22 bits per heavy atom. The molecular weight excluding hydrogens is 252 g/mol. The highest BCUT2D eigenvalue weighted by molar-refractivity contribution is 6.30. The summed E-state index contributed by atoms with van der Waals surface area (Å²) in [6.07, 6.45) is 4.82. The van der Waals surface area contributed by atoms with Gasteiger partial charge in [0.1, 0.15) is 5.69 Å². The van der Waals surface area contributed by atoms with E-state index in [1.807, 2.05) is 0 Å². The smallest absolute Gasteiger partial charge is 0.356 e. The van der Waals surface area contributed by atoms with E-state index in [1.54, 1.807) is 6.07 Å². The van der Waals surface area contributed by atoms with Gasteiger partial charge in [-0.05, 0) is 50.4 Å². The van der Waals surface area contributed by atoms with Gasteiger partial charge in [0, 0.05) is 11.2 Å². The molecule has 4 nitrogen and oxygen atoms in total. The standard InChI is InChI=1S/C13H17ClN2O2/c14-11-3-6-16-12(8-11)13(17)18-7-4-10-2-1-5-15-9-10/h3,6,8,10,15H,1-2,4-5,7,9H2/t10-/m1/s1. The number of nitrogens with one attached hydrogen (secondary N) is 1. The molecule has 0 bridgehead atoms. The third-order valence-corrected chi connectivity index (χ3v) is 3.32. The van der Waals surface area contributed by atoms with Crippen LogP contribution in [0, 0.1) is 5.92 Å². The van der Waals surface area contributed by atoms with Crippen LogP contribution >= 0.6 is 11.6 Å². The molecule has 0 saturated carbocycles. The zero-order valence-electron chi connectivity index (χ0n) is 10.2. The molecule has 5 heteroatoms. The van der Waals surface area contributed by atoms with Crippen LogP contribution in [0.5, 0.6) is 0 Å². The summed E-state index contributed by atoms with van der Waals surface area (Å²) in [5, 5.41) is 3.84. The van der Waals surface area contributed by atoms with Crippen molar-refractivity contribution in [3.05, 3.63) is 29.0 Å². The molecule has 0 radical (unpaired) electrons. The summed E-state index contributed by atoms with van der Waals surface area (Å²) in [7, 11) is 0. The number of halogens is 1. The van der Waals surface area contributed by atoms with Crippen LogP contribution in [0.2, 0.25) is 5.02 Å². The van der Waals surface area contributed by atoms with E-state index in [9.17, 15) is 4.79 Å². The van der Waals surface area contributed by atoms with Crippen LogP contribution in [0.15, 0.2) is 18.3 Å². The number of nitrogens with zero attached hydrogens (tertiary/aromatic N) is 1. The minimum atomic E-state index is -0.402. The average Bonchev–Trinajstić information content (AvgIpc) is 2.40. The topological polar surface area (TPSA) is 51.2 Å². The van der Waals surface area contributed by atoms with Gasteiger partial charge in [0.15, 0.2) is 0 Å². The second-order valence-electron chi connectivity index (χ2n) is 4.50. The molecule has 0 unspecified atom stereocenters. The maximum absolute atomic E-state index is 11.7. The fourth-order valence-corrected chi connectivity index (χ4v) is 2.24. The van der Waals surface area contributed by atoms with Crippen LogP contribution in [0.25, 0.3) is 0 Å². The molecule has 0 amide bonds. The Balaban J connectivity index is 1.74. The van der Waals surface area contributed by atoms with Crippen LogP contribution in [0.4, 0.5) is 0 Å². The van der Waals surface area contributed by atoms with Gasteiger partial charge in [0.25, 0.3) is 0 Å². The Bertz CT molecular complexity index is 406. The molecule has 0 spiro atoms. The largest absolute Gasteiger partial charge is 0.461 e. The van der Waals surface area contributed by atoms with Crippen molar-refractivity contribution in [1.82, 2.24) is 10.3 Å². The number of esters is 1. The monoisotopic (exact) mass is 268 g/mol. The fourth-order valence-electron chi connectivity index (χ4n) is 2.08. The molecule has 1 atom stereocenters. The predicted octanol–water partition coefficient (Wildman–Crippen LogP) is 2.28. The molecule has 2 heterocycles. The molecule has 18 heavy (non-hydrogen) atoms. The van der Waals surface area contributed by atoms with E-state index in [0.717, 1.165) is 19.5 Å². The lowest BCUT2D eigenvalue weighted by molar-refractivity contribution is 0.0470. The van der Waals surface area contributed by atoms with Crippen LogP contribution in [-0.4, -0.2) is 30.6 Å². The Morgan fingerprint density at radius 1 is 1.61 bits per heavy atom. The Kier molecular flexibility index (Phi) is 4.96. The van der Waals surface area contributed by atoms with Crippen molar-refractivity contribution < 1.29 is 9.53 Å². The SMILES string of the molecule is O=C(OCC[C@H]1CCCNC1)c1cc(Cl)ccn1. The van der Waals surface area contributed by atoms with Crippen LogP contribution in [-0.2, 0) is 4.74 Å². The molecule has 1 N–H and O–H groups in total. The van der Waals surface area contributed by atoms with E-state index in [1.165, 1.54) is 25.1 Å². The third-order valence-electron chi connectivity index (χ3n) is 3.09. The predicted molar refractivity (Wildman–Crippen MR) is 69.7 cm³/mol.